The van der Waals surface area contributed by atoms with Crippen LogP contribution in [0.15, 0.2) is 42.6 Å². The Morgan fingerprint density at radius 3 is 2.36 bits per heavy atom. The molecule has 0 radical (unpaired) electrons. The lowest BCUT2D eigenvalue weighted by Crippen LogP contribution is -1.92. The molecule has 112 valence electrons. The number of hydrogen-bond acceptors (Lipinski definition) is 1. The zero-order chi connectivity index (χ0) is 15.7. The molecule has 3 rings (SSSR count). The molecule has 3 aromatic rings. The molecule has 0 fully saturated rings. The van der Waals surface area contributed by atoms with Crippen LogP contribution < -0.4 is 0 Å². The first kappa shape index (κ1) is 15.7. The van der Waals surface area contributed by atoms with Crippen molar-refractivity contribution in [2.75, 3.05) is 0 Å². The molecule has 2 aromatic carbocycles. The first-order valence-electron chi connectivity index (χ1n) is 6.46. The van der Waals surface area contributed by atoms with Crippen molar-refractivity contribution in [2.45, 2.75) is 6.42 Å². The number of rotatable bonds is 3. The average molecular weight is 372 g/mol. The van der Waals surface area contributed by atoms with Gasteiger partial charge in [-0.25, -0.2) is 4.98 Å². The van der Waals surface area contributed by atoms with E-state index in [1.165, 1.54) is 0 Å². The zero-order valence-corrected chi connectivity index (χ0v) is 14.2. The molecular weight excluding hydrogens is 362 g/mol. The van der Waals surface area contributed by atoms with E-state index in [1.54, 1.807) is 36.5 Å². The van der Waals surface area contributed by atoms with E-state index in [0.717, 1.165) is 22.6 Å². The molecule has 0 atom stereocenters. The Labute approximate surface area is 148 Å². The fourth-order valence-corrected chi connectivity index (χ4v) is 3.01. The number of halogens is 4. The van der Waals surface area contributed by atoms with Crippen molar-refractivity contribution in [3.05, 3.63) is 74.1 Å². The Balaban J connectivity index is 1.89. The van der Waals surface area contributed by atoms with Gasteiger partial charge in [0.1, 0.15) is 5.82 Å². The van der Waals surface area contributed by atoms with Gasteiger partial charge in [0.15, 0.2) is 0 Å². The maximum atomic E-state index is 6.20. The Kier molecular flexibility index (Phi) is 4.65. The van der Waals surface area contributed by atoms with Gasteiger partial charge in [0, 0.05) is 27.1 Å². The lowest BCUT2D eigenvalue weighted by molar-refractivity contribution is 1.03. The minimum atomic E-state index is 0.578. The second-order valence-corrected chi connectivity index (χ2v) is 6.47. The van der Waals surface area contributed by atoms with Crippen molar-refractivity contribution in [3.63, 3.8) is 0 Å². The summed E-state index contributed by atoms with van der Waals surface area (Å²) in [6, 6.07) is 10.7. The Morgan fingerprint density at radius 1 is 0.864 bits per heavy atom. The third kappa shape index (κ3) is 3.41. The highest BCUT2D eigenvalue weighted by Crippen LogP contribution is 2.30. The summed E-state index contributed by atoms with van der Waals surface area (Å²) in [5.41, 5.74) is 2.58. The second-order valence-electron chi connectivity index (χ2n) is 4.78. The molecule has 6 heteroatoms. The van der Waals surface area contributed by atoms with Crippen molar-refractivity contribution in [1.29, 1.82) is 0 Å². The predicted molar refractivity (Wildman–Crippen MR) is 93.3 cm³/mol. The molecule has 1 N–H and O–H groups in total. The minimum Gasteiger partial charge on any atom is -0.342 e. The summed E-state index contributed by atoms with van der Waals surface area (Å²) >= 11 is 24.3. The maximum absolute atomic E-state index is 6.20. The highest BCUT2D eigenvalue weighted by Gasteiger charge is 2.10. The molecule has 0 bridgehead atoms. The number of nitrogens with one attached hydrogen (secondary N) is 1. The van der Waals surface area contributed by atoms with Crippen LogP contribution in [0.25, 0.3) is 11.3 Å². The summed E-state index contributed by atoms with van der Waals surface area (Å²) in [5, 5.41) is 2.46. The number of hydrogen-bond donors (Lipinski definition) is 1. The van der Waals surface area contributed by atoms with Gasteiger partial charge in [0.2, 0.25) is 0 Å². The van der Waals surface area contributed by atoms with Gasteiger partial charge in [-0.3, -0.25) is 0 Å². The normalized spacial score (nSPS) is 10.9. The standard InChI is InChI=1S/C16H10Cl4N2/c17-10-3-4-13(19)12(6-10)15-8-21-16(22-15)5-9-1-2-11(18)7-14(9)20/h1-4,6-8H,5H2,(H,21,22). The van der Waals surface area contributed by atoms with Crippen molar-refractivity contribution in [2.24, 2.45) is 0 Å². The topological polar surface area (TPSA) is 28.7 Å². The smallest absolute Gasteiger partial charge is 0.110 e. The Morgan fingerprint density at radius 2 is 1.59 bits per heavy atom. The van der Waals surface area contributed by atoms with E-state index in [-0.39, 0.29) is 0 Å². The molecule has 0 spiro atoms. The van der Waals surface area contributed by atoms with Gasteiger partial charge in [-0.05, 0) is 35.9 Å². The van der Waals surface area contributed by atoms with Crippen LogP contribution in [0.1, 0.15) is 11.4 Å². The summed E-state index contributed by atoms with van der Waals surface area (Å²) in [4.78, 5) is 7.62. The van der Waals surface area contributed by atoms with Gasteiger partial charge in [0.05, 0.1) is 16.9 Å². The monoisotopic (exact) mass is 370 g/mol. The molecular formula is C16H10Cl4N2. The van der Waals surface area contributed by atoms with E-state index in [0.29, 0.717) is 26.5 Å². The van der Waals surface area contributed by atoms with Crippen LogP contribution in [0, 0.1) is 0 Å². The van der Waals surface area contributed by atoms with Gasteiger partial charge < -0.3 is 4.98 Å². The fraction of sp³-hybridized carbons (Fsp3) is 0.0625. The molecule has 1 aromatic heterocycles. The van der Waals surface area contributed by atoms with E-state index in [4.69, 9.17) is 46.4 Å². The summed E-state index contributed by atoms with van der Waals surface area (Å²) in [6.45, 7) is 0. The van der Waals surface area contributed by atoms with Crippen LogP contribution in [0.2, 0.25) is 20.1 Å². The van der Waals surface area contributed by atoms with Gasteiger partial charge in [-0.2, -0.15) is 0 Å². The van der Waals surface area contributed by atoms with Gasteiger partial charge >= 0.3 is 0 Å². The molecule has 0 aliphatic rings. The summed E-state index contributed by atoms with van der Waals surface area (Å²) in [7, 11) is 0. The van der Waals surface area contributed by atoms with Gasteiger partial charge in [0.25, 0.3) is 0 Å². The van der Waals surface area contributed by atoms with E-state index < -0.39 is 0 Å². The molecule has 1 heterocycles. The molecule has 0 aliphatic heterocycles. The molecule has 22 heavy (non-hydrogen) atoms. The van der Waals surface area contributed by atoms with Crippen LogP contribution in [0.4, 0.5) is 0 Å². The highest BCUT2D eigenvalue weighted by atomic mass is 35.5. The van der Waals surface area contributed by atoms with E-state index in [9.17, 15) is 0 Å². The summed E-state index contributed by atoms with van der Waals surface area (Å²) in [6.07, 6.45) is 2.31. The van der Waals surface area contributed by atoms with Crippen molar-refractivity contribution in [1.82, 2.24) is 9.97 Å². The van der Waals surface area contributed by atoms with Crippen LogP contribution in [-0.2, 0) is 6.42 Å². The highest BCUT2D eigenvalue weighted by molar-refractivity contribution is 6.35. The molecule has 0 unspecified atom stereocenters. The van der Waals surface area contributed by atoms with Crippen LogP contribution in [-0.4, -0.2) is 9.97 Å². The van der Waals surface area contributed by atoms with Gasteiger partial charge in [-0.15, -0.1) is 0 Å². The minimum absolute atomic E-state index is 0.578. The van der Waals surface area contributed by atoms with Crippen molar-refractivity contribution >= 4 is 46.4 Å². The number of aromatic amines is 1. The molecule has 2 nitrogen and oxygen atoms in total. The summed E-state index contributed by atoms with van der Waals surface area (Å²) in [5.74, 6) is 0.787. The van der Waals surface area contributed by atoms with Crippen molar-refractivity contribution in [3.8, 4) is 11.3 Å². The quantitative estimate of drug-likeness (QED) is 0.576. The number of benzene rings is 2. The third-order valence-electron chi connectivity index (χ3n) is 3.22. The number of H-pyrrole nitrogens is 1. The maximum Gasteiger partial charge on any atom is 0.110 e. The average Bonchev–Trinajstić information content (AvgIpc) is 2.93. The first-order chi connectivity index (χ1) is 10.5. The van der Waals surface area contributed by atoms with Crippen LogP contribution in [0.5, 0.6) is 0 Å². The Hall–Kier alpha value is -1.19. The van der Waals surface area contributed by atoms with E-state index in [2.05, 4.69) is 9.97 Å². The zero-order valence-electron chi connectivity index (χ0n) is 11.2. The van der Waals surface area contributed by atoms with Crippen molar-refractivity contribution < 1.29 is 0 Å². The fourth-order valence-electron chi connectivity index (χ4n) is 2.14. The lowest BCUT2D eigenvalue weighted by atomic mass is 10.1. The molecule has 0 saturated carbocycles. The number of imidazole rings is 1. The van der Waals surface area contributed by atoms with E-state index >= 15 is 0 Å². The predicted octanol–water partition coefficient (Wildman–Crippen LogP) is 6.28. The Bertz CT molecular complexity index is 827. The largest absolute Gasteiger partial charge is 0.342 e. The summed E-state index contributed by atoms with van der Waals surface area (Å²) < 4.78 is 0. The second kappa shape index (κ2) is 6.51. The van der Waals surface area contributed by atoms with Crippen LogP contribution in [0.3, 0.4) is 0 Å². The molecule has 0 saturated heterocycles. The molecule has 0 amide bonds. The SMILES string of the molecule is Clc1ccc(Cc2ncc(-c3cc(Cl)ccc3Cl)[nH]2)c(Cl)c1. The lowest BCUT2D eigenvalue weighted by Gasteiger charge is -2.03. The number of aromatic nitrogens is 2. The third-order valence-corrected chi connectivity index (χ3v) is 4.37. The van der Waals surface area contributed by atoms with E-state index in [1.807, 2.05) is 6.07 Å². The molecule has 0 aliphatic carbocycles. The first-order valence-corrected chi connectivity index (χ1v) is 7.97. The number of nitrogens with zero attached hydrogens (tertiary/aromatic N) is 1. The van der Waals surface area contributed by atoms with Crippen LogP contribution >= 0.6 is 46.4 Å². The van der Waals surface area contributed by atoms with Gasteiger partial charge in [-0.1, -0.05) is 52.5 Å².